The zero-order chi connectivity index (χ0) is 14.9. The van der Waals surface area contributed by atoms with Crippen LogP contribution in [0.1, 0.15) is 49.9 Å². The monoisotopic (exact) mass is 274 g/mol. The Kier molecular flexibility index (Phi) is 4.02. The largest absolute Gasteiger partial charge is 0.384 e. The molecular weight excluding hydrogens is 248 g/mol. The van der Waals surface area contributed by atoms with Crippen molar-refractivity contribution >= 4 is 11.7 Å². The van der Waals surface area contributed by atoms with Gasteiger partial charge in [-0.05, 0) is 50.2 Å². The number of nitrogen functional groups attached to an aromatic ring is 1. The first-order valence-electron chi connectivity index (χ1n) is 7.50. The van der Waals surface area contributed by atoms with Crippen LogP contribution in [0.5, 0.6) is 0 Å². The number of hydrogen-bond acceptors (Lipinski definition) is 3. The molecule has 0 spiro atoms. The summed E-state index contributed by atoms with van der Waals surface area (Å²) in [5, 5.41) is 7.85. The standard InChI is InChI=1S/C16H26N4/c1-5-16(6-2)7-8-20(10-16)15-13(14(17)18)11(3)9-12(4)19-15/h9H,5-8,10H2,1-4H3,(H3,17,18). The van der Waals surface area contributed by atoms with Gasteiger partial charge in [-0.25, -0.2) is 4.98 Å². The lowest BCUT2D eigenvalue weighted by Crippen LogP contribution is -2.29. The van der Waals surface area contributed by atoms with E-state index >= 15 is 0 Å². The molecule has 0 saturated carbocycles. The van der Waals surface area contributed by atoms with Crippen LogP contribution in [0.2, 0.25) is 0 Å². The van der Waals surface area contributed by atoms with Gasteiger partial charge in [-0.1, -0.05) is 13.8 Å². The maximum absolute atomic E-state index is 7.85. The Morgan fingerprint density at radius 1 is 1.40 bits per heavy atom. The summed E-state index contributed by atoms with van der Waals surface area (Å²) in [7, 11) is 0. The minimum Gasteiger partial charge on any atom is -0.384 e. The Labute approximate surface area is 121 Å². The van der Waals surface area contributed by atoms with E-state index in [9.17, 15) is 0 Å². The van der Waals surface area contributed by atoms with Gasteiger partial charge in [0.1, 0.15) is 11.7 Å². The highest BCUT2D eigenvalue weighted by Gasteiger charge is 2.36. The second-order valence-corrected chi connectivity index (χ2v) is 6.07. The third-order valence-corrected chi connectivity index (χ3v) is 4.83. The van der Waals surface area contributed by atoms with Crippen LogP contribution in [-0.4, -0.2) is 23.9 Å². The van der Waals surface area contributed by atoms with Crippen LogP contribution in [0.25, 0.3) is 0 Å². The van der Waals surface area contributed by atoms with E-state index in [1.54, 1.807) is 0 Å². The molecule has 0 atom stereocenters. The molecule has 0 unspecified atom stereocenters. The van der Waals surface area contributed by atoms with Crippen LogP contribution in [0.3, 0.4) is 0 Å². The predicted molar refractivity (Wildman–Crippen MR) is 84.6 cm³/mol. The number of nitrogens with two attached hydrogens (primary N) is 1. The van der Waals surface area contributed by atoms with E-state index in [4.69, 9.17) is 11.1 Å². The molecule has 0 aliphatic carbocycles. The molecule has 1 aliphatic rings. The third kappa shape index (κ3) is 2.51. The number of nitrogens with one attached hydrogen (secondary N) is 1. The Balaban J connectivity index is 2.41. The quantitative estimate of drug-likeness (QED) is 0.655. The lowest BCUT2D eigenvalue weighted by atomic mass is 9.82. The molecule has 4 nitrogen and oxygen atoms in total. The molecule has 0 bridgehead atoms. The molecule has 3 N–H and O–H groups in total. The summed E-state index contributed by atoms with van der Waals surface area (Å²) >= 11 is 0. The summed E-state index contributed by atoms with van der Waals surface area (Å²) in [6.07, 6.45) is 3.59. The third-order valence-electron chi connectivity index (χ3n) is 4.83. The highest BCUT2D eigenvalue weighted by atomic mass is 15.2. The summed E-state index contributed by atoms with van der Waals surface area (Å²) in [5.41, 5.74) is 9.02. The summed E-state index contributed by atoms with van der Waals surface area (Å²) in [4.78, 5) is 7.00. The molecule has 0 radical (unpaired) electrons. The molecular formula is C16H26N4. The molecule has 1 aromatic heterocycles. The number of anilines is 1. The van der Waals surface area contributed by atoms with Gasteiger partial charge in [0.25, 0.3) is 0 Å². The van der Waals surface area contributed by atoms with Gasteiger partial charge < -0.3 is 10.6 Å². The fraction of sp³-hybridized carbons (Fsp3) is 0.625. The summed E-state index contributed by atoms with van der Waals surface area (Å²) < 4.78 is 0. The molecule has 0 amide bonds. The first kappa shape index (κ1) is 14.8. The van der Waals surface area contributed by atoms with Gasteiger partial charge in [0.2, 0.25) is 0 Å². The van der Waals surface area contributed by atoms with Crippen molar-refractivity contribution in [2.24, 2.45) is 11.1 Å². The first-order valence-corrected chi connectivity index (χ1v) is 7.50. The Morgan fingerprint density at radius 3 is 2.55 bits per heavy atom. The number of amidine groups is 1. The fourth-order valence-electron chi connectivity index (χ4n) is 3.32. The SMILES string of the molecule is CCC1(CC)CCN(c2nc(C)cc(C)c2C(=N)N)C1. The van der Waals surface area contributed by atoms with Crippen molar-refractivity contribution in [3.63, 3.8) is 0 Å². The second kappa shape index (κ2) is 5.43. The number of hydrogen-bond donors (Lipinski definition) is 2. The molecule has 2 rings (SSSR count). The van der Waals surface area contributed by atoms with E-state index in [2.05, 4.69) is 23.7 Å². The van der Waals surface area contributed by atoms with Crippen molar-refractivity contribution in [1.82, 2.24) is 4.98 Å². The van der Waals surface area contributed by atoms with E-state index in [0.29, 0.717) is 5.41 Å². The van der Waals surface area contributed by atoms with Crippen molar-refractivity contribution in [2.75, 3.05) is 18.0 Å². The van der Waals surface area contributed by atoms with Gasteiger partial charge in [-0.3, -0.25) is 5.41 Å². The summed E-state index contributed by atoms with van der Waals surface area (Å²) in [6.45, 7) is 10.6. The molecule has 1 aromatic rings. The molecule has 2 heterocycles. The van der Waals surface area contributed by atoms with E-state index in [1.807, 2.05) is 19.9 Å². The van der Waals surface area contributed by atoms with Gasteiger partial charge in [-0.2, -0.15) is 0 Å². The van der Waals surface area contributed by atoms with Crippen LogP contribution in [0, 0.1) is 24.7 Å². The van der Waals surface area contributed by atoms with E-state index < -0.39 is 0 Å². The van der Waals surface area contributed by atoms with Crippen molar-refractivity contribution < 1.29 is 0 Å². The number of nitrogens with zero attached hydrogens (tertiary/aromatic N) is 2. The van der Waals surface area contributed by atoms with Gasteiger partial charge in [0.05, 0.1) is 5.56 Å². The minimum atomic E-state index is 0.121. The molecule has 20 heavy (non-hydrogen) atoms. The smallest absolute Gasteiger partial charge is 0.140 e. The molecule has 4 heteroatoms. The maximum atomic E-state index is 7.85. The van der Waals surface area contributed by atoms with Crippen molar-refractivity contribution in [2.45, 2.75) is 47.0 Å². The average Bonchev–Trinajstić information content (AvgIpc) is 2.82. The van der Waals surface area contributed by atoms with E-state index in [-0.39, 0.29) is 5.84 Å². The lowest BCUT2D eigenvalue weighted by Gasteiger charge is -2.28. The topological polar surface area (TPSA) is 66.0 Å². The highest BCUT2D eigenvalue weighted by Crippen LogP contribution is 2.39. The van der Waals surface area contributed by atoms with Gasteiger partial charge in [0, 0.05) is 18.8 Å². The number of aryl methyl sites for hydroxylation is 2. The highest BCUT2D eigenvalue weighted by molar-refractivity contribution is 6.01. The molecule has 0 aromatic carbocycles. The maximum Gasteiger partial charge on any atom is 0.140 e. The number of pyridine rings is 1. The van der Waals surface area contributed by atoms with Crippen molar-refractivity contribution in [3.05, 3.63) is 22.9 Å². The van der Waals surface area contributed by atoms with Crippen molar-refractivity contribution in [3.8, 4) is 0 Å². The van der Waals surface area contributed by atoms with E-state index in [0.717, 1.165) is 35.7 Å². The first-order chi connectivity index (χ1) is 9.42. The number of aromatic nitrogens is 1. The van der Waals surface area contributed by atoms with Gasteiger partial charge >= 0.3 is 0 Å². The number of rotatable bonds is 4. The van der Waals surface area contributed by atoms with Crippen LogP contribution in [0.15, 0.2) is 6.07 Å². The molecule has 1 fully saturated rings. The average molecular weight is 274 g/mol. The summed E-state index contributed by atoms with van der Waals surface area (Å²) in [6, 6.07) is 2.00. The Bertz CT molecular complexity index is 517. The summed E-state index contributed by atoms with van der Waals surface area (Å²) in [5.74, 6) is 1.02. The van der Waals surface area contributed by atoms with Crippen LogP contribution in [-0.2, 0) is 0 Å². The normalized spacial score (nSPS) is 17.5. The second-order valence-electron chi connectivity index (χ2n) is 6.07. The minimum absolute atomic E-state index is 0.121. The Morgan fingerprint density at radius 2 is 2.05 bits per heavy atom. The zero-order valence-electron chi connectivity index (χ0n) is 13.1. The van der Waals surface area contributed by atoms with Crippen LogP contribution < -0.4 is 10.6 Å². The fourth-order valence-corrected chi connectivity index (χ4v) is 3.32. The predicted octanol–water partition coefficient (Wildman–Crippen LogP) is 3.00. The van der Waals surface area contributed by atoms with Gasteiger partial charge in [-0.15, -0.1) is 0 Å². The van der Waals surface area contributed by atoms with Crippen molar-refractivity contribution in [1.29, 1.82) is 5.41 Å². The van der Waals surface area contributed by atoms with Gasteiger partial charge in [0.15, 0.2) is 0 Å². The van der Waals surface area contributed by atoms with Crippen LogP contribution in [0.4, 0.5) is 5.82 Å². The lowest BCUT2D eigenvalue weighted by molar-refractivity contribution is 0.301. The molecule has 110 valence electrons. The zero-order valence-corrected chi connectivity index (χ0v) is 13.1. The van der Waals surface area contributed by atoms with Crippen LogP contribution >= 0.6 is 0 Å². The van der Waals surface area contributed by atoms with E-state index in [1.165, 1.54) is 19.3 Å². The Hall–Kier alpha value is -1.58. The molecule has 1 aliphatic heterocycles. The molecule has 1 saturated heterocycles.